The molecule has 0 aliphatic heterocycles. The van der Waals surface area contributed by atoms with Crippen LogP contribution in [0, 0.1) is 13.8 Å². The number of aryl methyl sites for hydroxylation is 2. The largest absolute Gasteiger partial charge is 0.262 e. The first-order chi connectivity index (χ1) is 6.35. The van der Waals surface area contributed by atoms with E-state index in [2.05, 4.69) is 32.3 Å². The van der Waals surface area contributed by atoms with E-state index in [0.717, 1.165) is 13.5 Å². The smallest absolute Gasteiger partial charge is 0.205 e. The van der Waals surface area contributed by atoms with Crippen molar-refractivity contribution in [3.63, 3.8) is 0 Å². The highest BCUT2D eigenvalue weighted by Crippen LogP contribution is 2.25. The molecule has 0 bridgehead atoms. The molecule has 0 atom stereocenters. The molecule has 0 unspecified atom stereocenters. The molecule has 0 N–H and O–H groups in total. The van der Waals surface area contributed by atoms with Crippen molar-refractivity contribution < 1.29 is 8.42 Å². The zero-order valence-corrected chi connectivity index (χ0v) is 11.6. The Kier molecular flexibility index (Phi) is 3.74. The van der Waals surface area contributed by atoms with E-state index in [1.165, 1.54) is 0 Å². The standard InChI is InChI=1S/C8H9Br2NO2S/c1-6-3-4-7(2)8(5-6)14(12,13)11(9)10/h3-5H,1-2H3. The fourth-order valence-corrected chi connectivity index (χ4v) is 2.95. The van der Waals surface area contributed by atoms with Gasteiger partial charge in [0, 0.05) is 32.3 Å². The fraction of sp³-hybridized carbons (Fsp3) is 0.250. The highest BCUT2D eigenvalue weighted by molar-refractivity contribution is 9.22. The van der Waals surface area contributed by atoms with E-state index in [0.29, 0.717) is 4.90 Å². The van der Waals surface area contributed by atoms with Gasteiger partial charge in [-0.25, -0.2) is 8.42 Å². The SMILES string of the molecule is Cc1ccc(C)c(S(=O)(=O)N(Br)Br)c1. The summed E-state index contributed by atoms with van der Waals surface area (Å²) < 4.78 is 24.3. The molecular weight excluding hydrogens is 334 g/mol. The Morgan fingerprint density at radius 3 is 2.29 bits per heavy atom. The van der Waals surface area contributed by atoms with E-state index in [4.69, 9.17) is 0 Å². The lowest BCUT2D eigenvalue weighted by molar-refractivity contribution is 0.584. The number of hydrogen-bond donors (Lipinski definition) is 0. The summed E-state index contributed by atoms with van der Waals surface area (Å²) in [6.45, 7) is 3.61. The highest BCUT2D eigenvalue weighted by Gasteiger charge is 2.22. The second-order valence-electron chi connectivity index (χ2n) is 2.95. The number of nitrogens with zero attached hydrogens (tertiary/aromatic N) is 1. The normalized spacial score (nSPS) is 12.1. The maximum atomic E-state index is 11.7. The number of benzene rings is 1. The third kappa shape index (κ3) is 2.36. The zero-order chi connectivity index (χ0) is 10.9. The first-order valence-electron chi connectivity index (χ1n) is 3.80. The zero-order valence-electron chi connectivity index (χ0n) is 7.66. The Balaban J connectivity index is 3.40. The maximum Gasteiger partial charge on any atom is 0.262 e. The van der Waals surface area contributed by atoms with Gasteiger partial charge in [-0.3, -0.25) is 0 Å². The van der Waals surface area contributed by atoms with Crippen molar-refractivity contribution in [3.8, 4) is 0 Å². The molecule has 0 aliphatic rings. The van der Waals surface area contributed by atoms with Gasteiger partial charge >= 0.3 is 0 Å². The summed E-state index contributed by atoms with van der Waals surface area (Å²) in [5.74, 6) is 0. The topological polar surface area (TPSA) is 37.4 Å². The van der Waals surface area contributed by atoms with Gasteiger partial charge in [-0.1, -0.05) is 14.5 Å². The van der Waals surface area contributed by atoms with Crippen molar-refractivity contribution >= 4 is 42.3 Å². The average molecular weight is 343 g/mol. The van der Waals surface area contributed by atoms with Crippen LogP contribution in [0.25, 0.3) is 0 Å². The van der Waals surface area contributed by atoms with E-state index < -0.39 is 10.0 Å². The van der Waals surface area contributed by atoms with Crippen molar-refractivity contribution in [1.29, 1.82) is 0 Å². The van der Waals surface area contributed by atoms with Crippen LogP contribution in [0.15, 0.2) is 23.1 Å². The van der Waals surface area contributed by atoms with Crippen LogP contribution in [0.3, 0.4) is 0 Å². The van der Waals surface area contributed by atoms with Crippen LogP contribution >= 0.6 is 32.3 Å². The Hall–Kier alpha value is 0.0900. The van der Waals surface area contributed by atoms with Crippen LogP contribution < -0.4 is 0 Å². The molecule has 0 radical (unpaired) electrons. The van der Waals surface area contributed by atoms with Gasteiger partial charge in [0.15, 0.2) is 0 Å². The minimum absolute atomic E-state index is 0.297. The summed E-state index contributed by atoms with van der Waals surface area (Å²) >= 11 is 5.71. The first kappa shape index (κ1) is 12.2. The predicted octanol–water partition coefficient (Wildman–Crippen LogP) is 2.91. The molecule has 0 aromatic heterocycles. The van der Waals surface area contributed by atoms with E-state index in [1.807, 2.05) is 13.0 Å². The second-order valence-corrected chi connectivity index (χ2v) is 8.01. The molecule has 1 aromatic rings. The molecule has 1 rings (SSSR count). The fourth-order valence-electron chi connectivity index (χ4n) is 1.06. The lowest BCUT2D eigenvalue weighted by Gasteiger charge is -2.10. The summed E-state index contributed by atoms with van der Waals surface area (Å²) in [5.41, 5.74) is 1.63. The summed E-state index contributed by atoms with van der Waals surface area (Å²) in [6, 6.07) is 5.30. The molecular formula is C8H9Br2NO2S. The lowest BCUT2D eigenvalue weighted by atomic mass is 10.2. The Morgan fingerprint density at radius 2 is 1.79 bits per heavy atom. The molecule has 6 heteroatoms. The summed E-state index contributed by atoms with van der Waals surface area (Å²) in [6.07, 6.45) is 0. The molecule has 0 spiro atoms. The summed E-state index contributed by atoms with van der Waals surface area (Å²) in [7, 11) is -3.46. The van der Waals surface area contributed by atoms with Gasteiger partial charge in [-0.05, 0) is 31.0 Å². The molecule has 0 saturated carbocycles. The molecule has 0 heterocycles. The molecule has 0 aliphatic carbocycles. The highest BCUT2D eigenvalue weighted by atomic mass is 79.9. The van der Waals surface area contributed by atoms with Gasteiger partial charge in [0.05, 0.1) is 4.90 Å². The lowest BCUT2D eigenvalue weighted by Crippen LogP contribution is -2.12. The minimum atomic E-state index is -3.46. The van der Waals surface area contributed by atoms with Crippen LogP contribution in [-0.4, -0.2) is 10.8 Å². The van der Waals surface area contributed by atoms with Gasteiger partial charge in [0.1, 0.15) is 0 Å². The molecule has 1 aromatic carbocycles. The van der Waals surface area contributed by atoms with Gasteiger partial charge in [0.25, 0.3) is 10.0 Å². The number of rotatable bonds is 2. The quantitative estimate of drug-likeness (QED) is 0.775. The average Bonchev–Trinajstić information content (AvgIpc) is 2.08. The predicted molar refractivity (Wildman–Crippen MR) is 62.8 cm³/mol. The van der Waals surface area contributed by atoms with E-state index in [1.54, 1.807) is 19.1 Å². The summed E-state index contributed by atoms with van der Waals surface area (Å²) in [5, 5.41) is 0. The van der Waals surface area contributed by atoms with Crippen LogP contribution in [0.2, 0.25) is 0 Å². The Bertz CT molecular complexity index is 443. The van der Waals surface area contributed by atoms with Crippen LogP contribution in [0.5, 0.6) is 0 Å². The second kappa shape index (κ2) is 4.30. The minimum Gasteiger partial charge on any atom is -0.205 e. The third-order valence-corrected chi connectivity index (χ3v) is 5.45. The number of hydrogen-bond acceptors (Lipinski definition) is 2. The molecule has 0 saturated heterocycles. The van der Waals surface area contributed by atoms with E-state index in [-0.39, 0.29) is 0 Å². The molecule has 78 valence electrons. The maximum absolute atomic E-state index is 11.7. The van der Waals surface area contributed by atoms with Gasteiger partial charge in [-0.15, -0.1) is 0 Å². The number of sulfonamides is 1. The summed E-state index contributed by atoms with van der Waals surface area (Å²) in [4.78, 5) is 0.297. The van der Waals surface area contributed by atoms with E-state index >= 15 is 0 Å². The third-order valence-electron chi connectivity index (χ3n) is 1.80. The monoisotopic (exact) mass is 341 g/mol. The van der Waals surface area contributed by atoms with Gasteiger partial charge in [0.2, 0.25) is 0 Å². The van der Waals surface area contributed by atoms with Crippen molar-refractivity contribution in [1.82, 2.24) is 2.36 Å². The molecule has 14 heavy (non-hydrogen) atoms. The van der Waals surface area contributed by atoms with Crippen molar-refractivity contribution in [2.24, 2.45) is 0 Å². The van der Waals surface area contributed by atoms with Crippen molar-refractivity contribution in [2.75, 3.05) is 0 Å². The van der Waals surface area contributed by atoms with Gasteiger partial charge < -0.3 is 0 Å². The van der Waals surface area contributed by atoms with Crippen LogP contribution in [-0.2, 0) is 10.0 Å². The van der Waals surface area contributed by atoms with Crippen molar-refractivity contribution in [3.05, 3.63) is 29.3 Å². The molecule has 0 fully saturated rings. The molecule has 0 amide bonds. The first-order valence-corrected chi connectivity index (χ1v) is 6.65. The van der Waals surface area contributed by atoms with E-state index in [9.17, 15) is 8.42 Å². The number of halogens is 2. The van der Waals surface area contributed by atoms with Gasteiger partial charge in [-0.2, -0.15) is 0 Å². The van der Waals surface area contributed by atoms with Crippen LogP contribution in [0.4, 0.5) is 0 Å². The Morgan fingerprint density at radius 1 is 1.21 bits per heavy atom. The van der Waals surface area contributed by atoms with Crippen LogP contribution in [0.1, 0.15) is 11.1 Å². The molecule has 3 nitrogen and oxygen atoms in total. The van der Waals surface area contributed by atoms with Crippen molar-refractivity contribution in [2.45, 2.75) is 18.7 Å². The Labute approximate surface area is 101 Å².